The molecule has 2 rings (SSSR count). The maximum Gasteiger partial charge on any atom is 0.236 e. The van der Waals surface area contributed by atoms with Crippen LogP contribution in [0.25, 0.3) is 0 Å². The number of amides is 2. The van der Waals surface area contributed by atoms with Gasteiger partial charge in [0.15, 0.2) is 0 Å². The first kappa shape index (κ1) is 19.7. The Balaban J connectivity index is 1.83. The zero-order valence-electron chi connectivity index (χ0n) is 15.8. The van der Waals surface area contributed by atoms with Crippen molar-refractivity contribution in [1.29, 1.82) is 5.26 Å². The van der Waals surface area contributed by atoms with E-state index in [0.717, 1.165) is 39.3 Å². The molecule has 0 aromatic rings. The van der Waals surface area contributed by atoms with Gasteiger partial charge in [-0.25, -0.2) is 0 Å². The molecule has 0 aromatic heterocycles. The Morgan fingerprint density at radius 2 is 1.88 bits per heavy atom. The minimum absolute atomic E-state index is 0.118. The summed E-state index contributed by atoms with van der Waals surface area (Å²) in [4.78, 5) is 32.3. The highest BCUT2D eigenvalue weighted by atomic mass is 16.2. The van der Waals surface area contributed by atoms with E-state index >= 15 is 0 Å². The minimum Gasteiger partial charge on any atom is -0.341 e. The fraction of sp³-hybridized carbons (Fsp3) is 0.833. The van der Waals surface area contributed by atoms with Crippen molar-refractivity contribution < 1.29 is 9.59 Å². The van der Waals surface area contributed by atoms with Gasteiger partial charge in [-0.3, -0.25) is 19.4 Å². The third-order valence-electron chi connectivity index (χ3n) is 5.46. The van der Waals surface area contributed by atoms with E-state index in [1.807, 2.05) is 11.8 Å². The molecule has 0 N–H and O–H groups in total. The van der Waals surface area contributed by atoms with Crippen LogP contribution in [-0.2, 0) is 9.59 Å². The second-order valence-electron chi connectivity index (χ2n) is 7.16. The van der Waals surface area contributed by atoms with Gasteiger partial charge in [0.1, 0.15) is 0 Å². The topological polar surface area (TPSA) is 70.9 Å². The summed E-state index contributed by atoms with van der Waals surface area (Å²) in [5.41, 5.74) is 0. The minimum atomic E-state index is 0.118. The summed E-state index contributed by atoms with van der Waals surface area (Å²) < 4.78 is 0. The maximum atomic E-state index is 12.5. The van der Waals surface area contributed by atoms with E-state index in [1.165, 1.54) is 0 Å². The van der Waals surface area contributed by atoms with Crippen LogP contribution in [0.5, 0.6) is 0 Å². The molecule has 0 radical (unpaired) electrons. The van der Waals surface area contributed by atoms with Crippen molar-refractivity contribution in [3.8, 4) is 6.07 Å². The molecule has 0 unspecified atom stereocenters. The van der Waals surface area contributed by atoms with Crippen molar-refractivity contribution in [3.63, 3.8) is 0 Å². The third-order valence-corrected chi connectivity index (χ3v) is 5.46. The highest BCUT2D eigenvalue weighted by molar-refractivity contribution is 5.78. The summed E-state index contributed by atoms with van der Waals surface area (Å²) in [5, 5.41) is 8.71. The van der Waals surface area contributed by atoms with Gasteiger partial charge in [0.05, 0.1) is 19.0 Å². The summed E-state index contributed by atoms with van der Waals surface area (Å²) in [6.07, 6.45) is 0.388. The third kappa shape index (κ3) is 5.16. The van der Waals surface area contributed by atoms with Crippen LogP contribution in [0.15, 0.2) is 0 Å². The van der Waals surface area contributed by atoms with Crippen molar-refractivity contribution in [3.05, 3.63) is 0 Å². The van der Waals surface area contributed by atoms with Crippen LogP contribution < -0.4 is 0 Å². The molecule has 7 heteroatoms. The molecule has 0 aliphatic carbocycles. The van der Waals surface area contributed by atoms with Gasteiger partial charge in [0.25, 0.3) is 0 Å². The van der Waals surface area contributed by atoms with E-state index in [4.69, 9.17) is 5.26 Å². The largest absolute Gasteiger partial charge is 0.341 e. The molecule has 2 saturated heterocycles. The van der Waals surface area contributed by atoms with Gasteiger partial charge in [0, 0.05) is 65.3 Å². The van der Waals surface area contributed by atoms with Crippen LogP contribution in [0.1, 0.15) is 27.2 Å². The Kier molecular flexibility index (Phi) is 7.21. The lowest BCUT2D eigenvalue weighted by Crippen LogP contribution is -2.53. The van der Waals surface area contributed by atoms with Gasteiger partial charge in [-0.2, -0.15) is 5.26 Å². The molecule has 2 atom stereocenters. The Morgan fingerprint density at radius 3 is 2.44 bits per heavy atom. The lowest BCUT2D eigenvalue weighted by molar-refractivity contribution is -0.132. The maximum absolute atomic E-state index is 12.5. The number of hydrogen-bond acceptors (Lipinski definition) is 5. The van der Waals surface area contributed by atoms with Crippen LogP contribution in [0.3, 0.4) is 0 Å². The first-order valence-electron chi connectivity index (χ1n) is 9.32. The highest BCUT2D eigenvalue weighted by Gasteiger charge is 2.36. The van der Waals surface area contributed by atoms with Crippen LogP contribution in [0, 0.1) is 17.2 Å². The van der Waals surface area contributed by atoms with E-state index in [-0.39, 0.29) is 11.8 Å². The van der Waals surface area contributed by atoms with E-state index in [1.54, 1.807) is 11.8 Å². The van der Waals surface area contributed by atoms with Crippen LogP contribution in [0.4, 0.5) is 0 Å². The number of likely N-dealkylation sites (tertiary alicyclic amines) is 1. The fourth-order valence-corrected chi connectivity index (χ4v) is 3.96. The molecule has 2 heterocycles. The summed E-state index contributed by atoms with van der Waals surface area (Å²) in [6.45, 7) is 12.7. The lowest BCUT2D eigenvalue weighted by atomic mass is 10.0. The van der Waals surface area contributed by atoms with Crippen molar-refractivity contribution in [1.82, 2.24) is 19.6 Å². The number of carbonyl (C=O) groups excluding carboxylic acids is 2. The number of carbonyl (C=O) groups is 2. The van der Waals surface area contributed by atoms with Crippen molar-refractivity contribution >= 4 is 11.8 Å². The molecule has 0 spiro atoms. The Bertz CT molecular complexity index is 510. The molecular formula is C18H31N5O2. The summed E-state index contributed by atoms with van der Waals surface area (Å²) in [6, 6.07) is 2.56. The quantitative estimate of drug-likeness (QED) is 0.687. The van der Waals surface area contributed by atoms with E-state index in [9.17, 15) is 9.59 Å². The van der Waals surface area contributed by atoms with E-state index < -0.39 is 0 Å². The van der Waals surface area contributed by atoms with Crippen molar-refractivity contribution in [2.45, 2.75) is 33.2 Å². The zero-order valence-corrected chi connectivity index (χ0v) is 15.8. The number of rotatable bonds is 6. The SMILES string of the molecule is CCN(CCC#N)C(=O)CN1C[C@@H](C)[C@H](N2CCN(C(C)=O)CC2)C1. The fourth-order valence-electron chi connectivity index (χ4n) is 3.96. The summed E-state index contributed by atoms with van der Waals surface area (Å²) in [5.74, 6) is 0.793. The lowest BCUT2D eigenvalue weighted by Gasteiger charge is -2.39. The summed E-state index contributed by atoms with van der Waals surface area (Å²) in [7, 11) is 0. The molecule has 2 amide bonds. The number of nitriles is 1. The van der Waals surface area contributed by atoms with Gasteiger partial charge in [-0.15, -0.1) is 0 Å². The molecule has 0 saturated carbocycles. The molecule has 2 fully saturated rings. The molecule has 0 bridgehead atoms. The molecule has 0 aromatic carbocycles. The van der Waals surface area contributed by atoms with Crippen LogP contribution >= 0.6 is 0 Å². The number of likely N-dealkylation sites (N-methyl/N-ethyl adjacent to an activating group) is 1. The number of piperazine rings is 1. The average molecular weight is 349 g/mol. The van der Waals surface area contributed by atoms with Gasteiger partial charge in [-0.1, -0.05) is 6.92 Å². The second-order valence-corrected chi connectivity index (χ2v) is 7.16. The highest BCUT2D eigenvalue weighted by Crippen LogP contribution is 2.23. The number of nitrogens with zero attached hydrogens (tertiary/aromatic N) is 5. The van der Waals surface area contributed by atoms with Gasteiger partial charge >= 0.3 is 0 Å². The molecule has 7 nitrogen and oxygen atoms in total. The molecule has 2 aliphatic rings. The standard InChI is InChI=1S/C18H31N5O2/c1-4-21(7-5-6-19)18(25)14-20-12-15(2)17(13-20)23-10-8-22(9-11-23)16(3)24/h15,17H,4-5,7-14H2,1-3H3/t15-,17-/m1/s1. The normalized spacial score (nSPS) is 25.0. The van der Waals surface area contributed by atoms with Crippen LogP contribution in [-0.4, -0.2) is 96.4 Å². The molecular weight excluding hydrogens is 318 g/mol. The van der Waals surface area contributed by atoms with E-state index in [2.05, 4.69) is 22.8 Å². The average Bonchev–Trinajstić information content (AvgIpc) is 2.95. The Morgan fingerprint density at radius 1 is 1.20 bits per heavy atom. The zero-order chi connectivity index (χ0) is 18.4. The van der Waals surface area contributed by atoms with Gasteiger partial charge < -0.3 is 9.80 Å². The Labute approximate surface area is 151 Å². The molecule has 2 aliphatic heterocycles. The van der Waals surface area contributed by atoms with Crippen molar-refractivity contribution in [2.24, 2.45) is 5.92 Å². The molecule has 140 valence electrons. The van der Waals surface area contributed by atoms with Crippen molar-refractivity contribution in [2.75, 3.05) is 58.9 Å². The predicted molar refractivity (Wildman–Crippen MR) is 95.7 cm³/mol. The first-order chi connectivity index (χ1) is 12.0. The Hall–Kier alpha value is -1.65. The first-order valence-corrected chi connectivity index (χ1v) is 9.32. The van der Waals surface area contributed by atoms with Gasteiger partial charge in [-0.05, 0) is 12.8 Å². The smallest absolute Gasteiger partial charge is 0.236 e. The predicted octanol–water partition coefficient (Wildman–Crippen LogP) is 0.233. The van der Waals surface area contributed by atoms with E-state index in [0.29, 0.717) is 38.0 Å². The van der Waals surface area contributed by atoms with Gasteiger partial charge in [0.2, 0.25) is 11.8 Å². The summed E-state index contributed by atoms with van der Waals surface area (Å²) >= 11 is 0. The number of hydrogen-bond donors (Lipinski definition) is 0. The second kappa shape index (κ2) is 9.16. The molecule has 25 heavy (non-hydrogen) atoms. The van der Waals surface area contributed by atoms with Crippen LogP contribution in [0.2, 0.25) is 0 Å². The monoisotopic (exact) mass is 349 g/mol.